The molecule has 2 unspecified atom stereocenters. The zero-order valence-electron chi connectivity index (χ0n) is 10.4. The first kappa shape index (κ1) is 11.1. The van der Waals surface area contributed by atoms with Gasteiger partial charge in [-0.3, -0.25) is 4.90 Å². The van der Waals surface area contributed by atoms with E-state index in [9.17, 15) is 0 Å². The highest BCUT2D eigenvalue weighted by molar-refractivity contribution is 5.56. The van der Waals surface area contributed by atoms with Gasteiger partial charge in [0.25, 0.3) is 0 Å². The molecule has 0 spiro atoms. The summed E-state index contributed by atoms with van der Waals surface area (Å²) in [6, 6.07) is 9.79. The van der Waals surface area contributed by atoms with Crippen molar-refractivity contribution in [2.24, 2.45) is 0 Å². The minimum Gasteiger partial charge on any atom is -0.380 e. The number of anilines is 1. The molecule has 17 heavy (non-hydrogen) atoms. The van der Waals surface area contributed by atoms with Crippen LogP contribution in [-0.4, -0.2) is 43.8 Å². The van der Waals surface area contributed by atoms with Crippen molar-refractivity contribution < 1.29 is 4.74 Å². The Labute approximate surface area is 103 Å². The summed E-state index contributed by atoms with van der Waals surface area (Å²) in [7, 11) is 2.21. The Morgan fingerprint density at radius 2 is 2.29 bits per heavy atom. The smallest absolute Gasteiger partial charge is 0.0622 e. The highest BCUT2D eigenvalue weighted by Gasteiger charge is 2.25. The van der Waals surface area contributed by atoms with Gasteiger partial charge in [-0.2, -0.15) is 0 Å². The Morgan fingerprint density at radius 3 is 3.06 bits per heavy atom. The molecule has 3 heteroatoms. The van der Waals surface area contributed by atoms with Crippen molar-refractivity contribution in [2.75, 3.05) is 32.1 Å². The van der Waals surface area contributed by atoms with Gasteiger partial charge in [0.05, 0.1) is 6.61 Å². The largest absolute Gasteiger partial charge is 0.380 e. The second-order valence-corrected chi connectivity index (χ2v) is 5.16. The van der Waals surface area contributed by atoms with Crippen LogP contribution in [0.2, 0.25) is 0 Å². The number of hydrogen-bond acceptors (Lipinski definition) is 3. The van der Waals surface area contributed by atoms with Crippen molar-refractivity contribution in [3.63, 3.8) is 0 Å². The van der Waals surface area contributed by atoms with Crippen LogP contribution < -0.4 is 5.32 Å². The molecule has 1 aromatic rings. The Kier molecular flexibility index (Phi) is 3.04. The SMILES string of the molecule is CN(CC1Cc2ccccc2N1)C1CCOC1. The monoisotopic (exact) mass is 232 g/mol. The molecule has 0 radical (unpaired) electrons. The van der Waals surface area contributed by atoms with Crippen molar-refractivity contribution in [3.05, 3.63) is 29.8 Å². The number of hydrogen-bond donors (Lipinski definition) is 1. The predicted molar refractivity (Wildman–Crippen MR) is 69.4 cm³/mol. The molecule has 0 saturated carbocycles. The summed E-state index contributed by atoms with van der Waals surface area (Å²) < 4.78 is 5.44. The van der Waals surface area contributed by atoms with Gasteiger partial charge < -0.3 is 10.1 Å². The predicted octanol–water partition coefficient (Wildman–Crippen LogP) is 1.74. The number of ether oxygens (including phenoxy) is 1. The van der Waals surface area contributed by atoms with Crippen molar-refractivity contribution in [1.29, 1.82) is 0 Å². The van der Waals surface area contributed by atoms with E-state index in [4.69, 9.17) is 4.74 Å². The first-order chi connectivity index (χ1) is 8.33. The van der Waals surface area contributed by atoms with Crippen molar-refractivity contribution >= 4 is 5.69 Å². The van der Waals surface area contributed by atoms with E-state index >= 15 is 0 Å². The number of fused-ring (bicyclic) bond motifs is 1. The van der Waals surface area contributed by atoms with E-state index in [2.05, 4.69) is 41.5 Å². The Morgan fingerprint density at radius 1 is 1.41 bits per heavy atom. The second kappa shape index (κ2) is 4.67. The fraction of sp³-hybridized carbons (Fsp3) is 0.571. The molecule has 0 amide bonds. The average Bonchev–Trinajstić information content (AvgIpc) is 2.97. The topological polar surface area (TPSA) is 24.5 Å². The lowest BCUT2D eigenvalue weighted by Gasteiger charge is -2.26. The molecule has 3 nitrogen and oxygen atoms in total. The maximum absolute atomic E-state index is 5.44. The van der Waals surface area contributed by atoms with Crippen molar-refractivity contribution in [1.82, 2.24) is 4.90 Å². The molecule has 0 bridgehead atoms. The van der Waals surface area contributed by atoms with Crippen LogP contribution in [0, 0.1) is 0 Å². The normalized spacial score (nSPS) is 27.2. The van der Waals surface area contributed by atoms with Gasteiger partial charge >= 0.3 is 0 Å². The van der Waals surface area contributed by atoms with Gasteiger partial charge in [0.1, 0.15) is 0 Å². The fourth-order valence-electron chi connectivity index (χ4n) is 2.85. The summed E-state index contributed by atoms with van der Waals surface area (Å²) in [6.07, 6.45) is 2.32. The molecule has 2 aliphatic heterocycles. The molecule has 2 heterocycles. The van der Waals surface area contributed by atoms with Crippen LogP contribution in [0.25, 0.3) is 0 Å². The summed E-state index contributed by atoms with van der Waals surface area (Å²) in [5.74, 6) is 0. The maximum atomic E-state index is 5.44. The third-order valence-corrected chi connectivity index (χ3v) is 3.88. The Bertz CT molecular complexity index is 363. The summed E-state index contributed by atoms with van der Waals surface area (Å²) in [4.78, 5) is 2.44. The Hall–Kier alpha value is -1.06. The maximum Gasteiger partial charge on any atom is 0.0622 e. The number of para-hydroxylation sites is 1. The van der Waals surface area contributed by atoms with Crippen LogP contribution >= 0.6 is 0 Å². The molecular formula is C14H20N2O. The molecule has 1 aromatic carbocycles. The van der Waals surface area contributed by atoms with E-state index in [1.165, 1.54) is 17.7 Å². The quantitative estimate of drug-likeness (QED) is 0.859. The van der Waals surface area contributed by atoms with Gasteiger partial charge in [-0.15, -0.1) is 0 Å². The molecule has 0 aromatic heterocycles. The first-order valence-corrected chi connectivity index (χ1v) is 6.45. The summed E-state index contributed by atoms with van der Waals surface area (Å²) >= 11 is 0. The summed E-state index contributed by atoms with van der Waals surface area (Å²) in [5.41, 5.74) is 2.77. The van der Waals surface area contributed by atoms with Gasteiger partial charge in [0, 0.05) is 30.9 Å². The molecule has 92 valence electrons. The van der Waals surface area contributed by atoms with E-state index in [0.29, 0.717) is 12.1 Å². The van der Waals surface area contributed by atoms with Crippen LogP contribution in [0.15, 0.2) is 24.3 Å². The molecular weight excluding hydrogens is 212 g/mol. The summed E-state index contributed by atoms with van der Waals surface area (Å²) in [6.45, 7) is 2.92. The lowest BCUT2D eigenvalue weighted by Crippen LogP contribution is -2.40. The average molecular weight is 232 g/mol. The van der Waals surface area contributed by atoms with E-state index in [-0.39, 0.29) is 0 Å². The van der Waals surface area contributed by atoms with Gasteiger partial charge in [-0.1, -0.05) is 18.2 Å². The van der Waals surface area contributed by atoms with Crippen LogP contribution in [0.4, 0.5) is 5.69 Å². The number of nitrogens with zero attached hydrogens (tertiary/aromatic N) is 1. The molecule has 2 atom stereocenters. The van der Waals surface area contributed by atoms with Crippen LogP contribution in [0.1, 0.15) is 12.0 Å². The van der Waals surface area contributed by atoms with Crippen molar-refractivity contribution in [2.45, 2.75) is 24.9 Å². The van der Waals surface area contributed by atoms with Crippen molar-refractivity contribution in [3.8, 4) is 0 Å². The van der Waals surface area contributed by atoms with Gasteiger partial charge in [-0.05, 0) is 31.5 Å². The third kappa shape index (κ3) is 2.31. The van der Waals surface area contributed by atoms with Gasteiger partial charge in [0.2, 0.25) is 0 Å². The van der Waals surface area contributed by atoms with Gasteiger partial charge in [0.15, 0.2) is 0 Å². The number of nitrogens with one attached hydrogen (secondary N) is 1. The Balaban J connectivity index is 1.58. The lowest BCUT2D eigenvalue weighted by atomic mass is 10.1. The number of likely N-dealkylation sites (N-methyl/N-ethyl adjacent to an activating group) is 1. The fourth-order valence-corrected chi connectivity index (χ4v) is 2.85. The van der Waals surface area contributed by atoms with Crippen LogP contribution in [-0.2, 0) is 11.2 Å². The van der Waals surface area contributed by atoms with E-state index < -0.39 is 0 Å². The minimum atomic E-state index is 0.554. The highest BCUT2D eigenvalue weighted by Crippen LogP contribution is 2.26. The molecule has 0 aliphatic carbocycles. The molecule has 1 fully saturated rings. The third-order valence-electron chi connectivity index (χ3n) is 3.88. The standard InChI is InChI=1S/C14H20N2O/c1-16(13-6-7-17-10-13)9-12-8-11-4-2-3-5-14(11)15-12/h2-5,12-13,15H,6-10H2,1H3. The second-order valence-electron chi connectivity index (χ2n) is 5.16. The van der Waals surface area contributed by atoms with E-state index in [0.717, 1.165) is 26.2 Å². The molecule has 1 N–H and O–H groups in total. The molecule has 2 aliphatic rings. The van der Waals surface area contributed by atoms with E-state index in [1.807, 2.05) is 0 Å². The summed E-state index contributed by atoms with van der Waals surface area (Å²) in [5, 5.41) is 3.61. The highest BCUT2D eigenvalue weighted by atomic mass is 16.5. The number of rotatable bonds is 3. The van der Waals surface area contributed by atoms with Crippen LogP contribution in [0.5, 0.6) is 0 Å². The van der Waals surface area contributed by atoms with Crippen LogP contribution in [0.3, 0.4) is 0 Å². The molecule has 1 saturated heterocycles. The molecule has 3 rings (SSSR count). The van der Waals surface area contributed by atoms with E-state index in [1.54, 1.807) is 0 Å². The number of benzene rings is 1. The lowest BCUT2D eigenvalue weighted by molar-refractivity contribution is 0.157. The first-order valence-electron chi connectivity index (χ1n) is 6.45. The zero-order chi connectivity index (χ0) is 11.7. The van der Waals surface area contributed by atoms with Gasteiger partial charge in [-0.25, -0.2) is 0 Å². The zero-order valence-corrected chi connectivity index (χ0v) is 10.4. The minimum absolute atomic E-state index is 0.554.